The molecule has 2 aliphatic rings. The topological polar surface area (TPSA) is 100 Å². The quantitative estimate of drug-likeness (QED) is 0.251. The third-order valence-electron chi connectivity index (χ3n) is 7.97. The van der Waals surface area contributed by atoms with E-state index in [1.807, 2.05) is 48.5 Å². The van der Waals surface area contributed by atoms with Crippen LogP contribution in [0.25, 0.3) is 33.4 Å². The fourth-order valence-corrected chi connectivity index (χ4v) is 6.74. The van der Waals surface area contributed by atoms with Crippen LogP contribution in [0.3, 0.4) is 0 Å². The van der Waals surface area contributed by atoms with Crippen molar-refractivity contribution in [2.75, 3.05) is 36.5 Å². The average molecular weight is 588 g/mol. The van der Waals surface area contributed by atoms with Gasteiger partial charge in [-0.25, -0.2) is 13.2 Å². The van der Waals surface area contributed by atoms with Crippen LogP contribution in [0.5, 0.6) is 0 Å². The maximum atomic E-state index is 14.1. The summed E-state index contributed by atoms with van der Waals surface area (Å²) in [4.78, 5) is 20.0. The van der Waals surface area contributed by atoms with Gasteiger partial charge in [-0.3, -0.25) is 4.79 Å². The van der Waals surface area contributed by atoms with Crippen LogP contribution in [0.1, 0.15) is 18.4 Å². The Hall–Kier alpha value is -4.78. The van der Waals surface area contributed by atoms with E-state index in [2.05, 4.69) is 40.6 Å². The lowest BCUT2D eigenvalue weighted by atomic mass is 10.00. The van der Waals surface area contributed by atoms with Crippen LogP contribution in [0.4, 0.5) is 11.4 Å². The van der Waals surface area contributed by atoms with Crippen LogP contribution in [-0.4, -0.2) is 45.4 Å². The highest BCUT2D eigenvalue weighted by Gasteiger charge is 2.30. The van der Waals surface area contributed by atoms with Gasteiger partial charge in [0.15, 0.2) is 16.6 Å². The Morgan fingerprint density at radius 1 is 0.953 bits per heavy atom. The van der Waals surface area contributed by atoms with E-state index in [0.29, 0.717) is 35.0 Å². The largest absolute Gasteiger partial charge is 0.378 e. The van der Waals surface area contributed by atoms with Gasteiger partial charge in [0, 0.05) is 36.3 Å². The first-order valence-corrected chi connectivity index (χ1v) is 15.5. The molecular formula is C34H29N5O3S. The summed E-state index contributed by atoms with van der Waals surface area (Å²) in [6.07, 6.45) is 3.48. The predicted octanol–water partition coefficient (Wildman–Crippen LogP) is 6.00. The highest BCUT2D eigenvalue weighted by Crippen LogP contribution is 2.37. The molecule has 1 saturated carbocycles. The fourth-order valence-electron chi connectivity index (χ4n) is 5.50. The molecule has 2 aromatic heterocycles. The summed E-state index contributed by atoms with van der Waals surface area (Å²) < 4.78 is 21.4. The second-order valence-electron chi connectivity index (χ2n) is 10.8. The van der Waals surface area contributed by atoms with E-state index in [1.54, 1.807) is 22.3 Å². The maximum Gasteiger partial charge on any atom is 0.227 e. The van der Waals surface area contributed by atoms with Crippen LogP contribution >= 0.6 is 0 Å². The molecule has 1 amide bonds. The number of nitrogens with zero attached hydrogens (tertiary/aromatic N) is 4. The summed E-state index contributed by atoms with van der Waals surface area (Å²) in [7, 11) is -1.56. The van der Waals surface area contributed by atoms with Gasteiger partial charge in [-0.2, -0.15) is 5.26 Å². The van der Waals surface area contributed by atoms with Gasteiger partial charge >= 0.3 is 0 Å². The van der Waals surface area contributed by atoms with E-state index >= 15 is 0 Å². The Kier molecular flexibility index (Phi) is 7.23. The first-order valence-electron chi connectivity index (χ1n) is 14.4. The molecule has 1 N–H and O–H groups in total. The number of pyridine rings is 1. The number of carbonyl (C=O) groups excluding carboxylic acids is 1. The third kappa shape index (κ3) is 5.31. The Labute approximate surface area is 252 Å². The van der Waals surface area contributed by atoms with Crippen molar-refractivity contribution in [2.45, 2.75) is 17.7 Å². The van der Waals surface area contributed by atoms with Gasteiger partial charge in [0.25, 0.3) is 0 Å². The molecule has 3 heterocycles. The van der Waals surface area contributed by atoms with E-state index < -0.39 is 11.0 Å². The number of ether oxygens (including phenoxy) is 1. The molecule has 3 aromatic carbocycles. The molecule has 9 heteroatoms. The molecule has 2 fully saturated rings. The predicted molar refractivity (Wildman–Crippen MR) is 168 cm³/mol. The Morgan fingerprint density at radius 3 is 2.42 bits per heavy atom. The number of nitriles is 1. The number of fused-ring (bicyclic) bond motifs is 1. The molecule has 1 unspecified atom stereocenters. The minimum atomic E-state index is -1.56. The van der Waals surface area contributed by atoms with Crippen molar-refractivity contribution in [2.24, 2.45) is 5.92 Å². The van der Waals surface area contributed by atoms with Crippen LogP contribution in [0.2, 0.25) is 0 Å². The number of morpholine rings is 1. The second kappa shape index (κ2) is 11.5. The molecule has 5 aromatic rings. The number of rotatable bonds is 7. The van der Waals surface area contributed by atoms with Gasteiger partial charge in [-0.05, 0) is 78.1 Å². The summed E-state index contributed by atoms with van der Waals surface area (Å²) in [6.45, 7) is 3.11. The summed E-state index contributed by atoms with van der Waals surface area (Å²) in [5.41, 5.74) is 5.97. The minimum absolute atomic E-state index is 0.0395. The molecule has 1 aliphatic heterocycles. The van der Waals surface area contributed by atoms with Gasteiger partial charge in [0.05, 0.1) is 35.1 Å². The van der Waals surface area contributed by atoms with Crippen molar-refractivity contribution in [1.82, 2.24) is 8.96 Å². The molecule has 8 nitrogen and oxygen atoms in total. The number of aromatic nitrogens is 2. The first kappa shape index (κ1) is 27.1. The summed E-state index contributed by atoms with van der Waals surface area (Å²) in [5, 5.41) is 13.6. The number of amides is 1. The van der Waals surface area contributed by atoms with Crippen LogP contribution in [0, 0.1) is 17.2 Å². The van der Waals surface area contributed by atoms with Gasteiger partial charge in [-0.15, -0.1) is 0 Å². The zero-order valence-corrected chi connectivity index (χ0v) is 24.2. The van der Waals surface area contributed by atoms with Crippen molar-refractivity contribution < 1.29 is 13.7 Å². The van der Waals surface area contributed by atoms with Crippen molar-refractivity contribution >= 4 is 39.3 Å². The molecule has 0 radical (unpaired) electrons. The zero-order valence-electron chi connectivity index (χ0n) is 23.4. The number of carbonyl (C=O) groups is 1. The summed E-state index contributed by atoms with van der Waals surface area (Å²) in [6, 6.07) is 29.3. The van der Waals surface area contributed by atoms with E-state index in [-0.39, 0.29) is 11.8 Å². The Bertz CT molecular complexity index is 1890. The highest BCUT2D eigenvalue weighted by molar-refractivity contribution is 7.83. The van der Waals surface area contributed by atoms with Crippen LogP contribution < -0.4 is 10.2 Å². The number of benzene rings is 3. The highest BCUT2D eigenvalue weighted by atomic mass is 32.2. The van der Waals surface area contributed by atoms with Crippen molar-refractivity contribution in [3.8, 4) is 28.5 Å². The van der Waals surface area contributed by atoms with Crippen LogP contribution in [0.15, 0.2) is 96.0 Å². The average Bonchev–Trinajstić information content (AvgIpc) is 3.85. The smallest absolute Gasteiger partial charge is 0.227 e. The number of anilines is 2. The van der Waals surface area contributed by atoms with Gasteiger partial charge in [0.1, 0.15) is 6.07 Å². The molecule has 1 saturated heterocycles. The molecular weight excluding hydrogens is 558 g/mol. The molecule has 0 bridgehead atoms. The normalized spacial score (nSPS) is 15.7. The summed E-state index contributed by atoms with van der Waals surface area (Å²) >= 11 is 0. The SMILES string of the molecule is N#Cc1cc(-c2ccnc3c2cc(-c2ccc(N4CCOCC4)cc2)n3S(=O)c2ccccc2)ccc1NC(=O)C1CC1. The van der Waals surface area contributed by atoms with E-state index in [1.165, 1.54) is 0 Å². The molecule has 7 rings (SSSR count). The Balaban J connectivity index is 1.34. The lowest BCUT2D eigenvalue weighted by molar-refractivity contribution is -0.117. The third-order valence-corrected chi connectivity index (χ3v) is 9.35. The van der Waals surface area contributed by atoms with E-state index in [0.717, 1.165) is 59.4 Å². The lowest BCUT2D eigenvalue weighted by Crippen LogP contribution is -2.36. The molecule has 214 valence electrons. The van der Waals surface area contributed by atoms with E-state index in [9.17, 15) is 14.3 Å². The van der Waals surface area contributed by atoms with Gasteiger partial charge in [0.2, 0.25) is 5.91 Å². The minimum Gasteiger partial charge on any atom is -0.378 e. The first-order chi connectivity index (χ1) is 21.1. The van der Waals surface area contributed by atoms with Gasteiger partial charge < -0.3 is 15.0 Å². The standard InChI is InChI=1S/C34H29N5O3S/c35-22-26-20-25(10-13-31(26)37-34(40)24-6-7-24)29-14-15-36-33-30(29)21-32(39(33)43(41)28-4-2-1-3-5-28)23-8-11-27(12-9-23)38-16-18-42-19-17-38/h1-5,8-15,20-21,24H,6-7,16-19H2,(H,37,40). The summed E-state index contributed by atoms with van der Waals surface area (Å²) in [5.74, 6) is -0.00190. The number of hydrogen-bond donors (Lipinski definition) is 1. The Morgan fingerprint density at radius 2 is 1.70 bits per heavy atom. The monoisotopic (exact) mass is 587 g/mol. The fraction of sp³-hybridized carbons (Fsp3) is 0.206. The van der Waals surface area contributed by atoms with Crippen molar-refractivity contribution in [3.05, 3.63) is 96.7 Å². The molecule has 43 heavy (non-hydrogen) atoms. The molecule has 1 aliphatic carbocycles. The van der Waals surface area contributed by atoms with Crippen molar-refractivity contribution in [3.63, 3.8) is 0 Å². The second-order valence-corrected chi connectivity index (χ2v) is 12.1. The maximum absolute atomic E-state index is 14.1. The zero-order chi connectivity index (χ0) is 29.3. The van der Waals surface area contributed by atoms with Crippen LogP contribution in [-0.2, 0) is 20.5 Å². The van der Waals surface area contributed by atoms with Crippen molar-refractivity contribution in [1.29, 1.82) is 5.26 Å². The van der Waals surface area contributed by atoms with E-state index in [4.69, 9.17) is 9.72 Å². The van der Waals surface area contributed by atoms with Gasteiger partial charge in [-0.1, -0.05) is 36.4 Å². The number of hydrogen-bond acceptors (Lipinski definition) is 6. The number of nitrogens with one attached hydrogen (secondary N) is 1. The lowest BCUT2D eigenvalue weighted by Gasteiger charge is -2.28. The molecule has 1 atom stereocenters. The molecule has 0 spiro atoms.